The molecule has 0 amide bonds. The van der Waals surface area contributed by atoms with E-state index in [9.17, 15) is 4.79 Å². The third-order valence-electron chi connectivity index (χ3n) is 3.20. The molecule has 0 atom stereocenters. The Morgan fingerprint density at radius 2 is 1.57 bits per heavy atom. The summed E-state index contributed by atoms with van der Waals surface area (Å²) in [5.74, 6) is 0.810. The van der Waals surface area contributed by atoms with Crippen molar-refractivity contribution in [2.75, 3.05) is 26.7 Å². The molecule has 21 heavy (non-hydrogen) atoms. The first kappa shape index (κ1) is 19.7. The smallest absolute Gasteiger partial charge is 0.305 e. The molecule has 0 heterocycles. The van der Waals surface area contributed by atoms with Gasteiger partial charge in [-0.15, -0.1) is 0 Å². The second-order valence-corrected chi connectivity index (χ2v) is 5.10. The highest BCUT2D eigenvalue weighted by Gasteiger charge is 2.01. The molecule has 0 fully saturated rings. The van der Waals surface area contributed by atoms with Crippen molar-refractivity contribution in [1.29, 1.82) is 0 Å². The topological polar surface area (TPSA) is 62.7 Å². The normalized spacial score (nSPS) is 11.3. The van der Waals surface area contributed by atoms with Gasteiger partial charge in [0.2, 0.25) is 0 Å². The predicted octanol–water partition coefficient (Wildman–Crippen LogP) is 2.86. The number of carbonyl (C=O) groups excluding carboxylic acids is 1. The van der Waals surface area contributed by atoms with E-state index in [1.165, 1.54) is 19.3 Å². The summed E-state index contributed by atoms with van der Waals surface area (Å²) in [5, 5.41) is 6.63. The van der Waals surface area contributed by atoms with E-state index in [1.54, 1.807) is 7.05 Å². The lowest BCUT2D eigenvalue weighted by atomic mass is 10.1. The maximum Gasteiger partial charge on any atom is 0.305 e. The van der Waals surface area contributed by atoms with Crippen LogP contribution in [0.15, 0.2) is 4.99 Å². The molecule has 0 radical (unpaired) electrons. The van der Waals surface area contributed by atoms with Gasteiger partial charge >= 0.3 is 5.97 Å². The number of nitrogens with zero attached hydrogens (tertiary/aromatic N) is 1. The molecule has 2 N–H and O–H groups in total. The first-order valence-electron chi connectivity index (χ1n) is 8.34. The van der Waals surface area contributed by atoms with Crippen molar-refractivity contribution < 1.29 is 9.53 Å². The summed E-state index contributed by atoms with van der Waals surface area (Å²) < 4.78 is 4.90. The van der Waals surface area contributed by atoms with Gasteiger partial charge in [0.15, 0.2) is 5.96 Å². The lowest BCUT2D eigenvalue weighted by Gasteiger charge is -2.11. The third kappa shape index (κ3) is 13.5. The van der Waals surface area contributed by atoms with Crippen molar-refractivity contribution in [2.24, 2.45) is 4.99 Å². The summed E-state index contributed by atoms with van der Waals surface area (Å²) in [4.78, 5) is 15.3. The molecule has 0 aliphatic carbocycles. The minimum atomic E-state index is -0.0766. The van der Waals surface area contributed by atoms with Crippen molar-refractivity contribution in [3.8, 4) is 0 Å². The van der Waals surface area contributed by atoms with Gasteiger partial charge in [-0.05, 0) is 26.2 Å². The van der Waals surface area contributed by atoms with Crippen molar-refractivity contribution in [2.45, 2.75) is 65.2 Å². The van der Waals surface area contributed by atoms with Crippen LogP contribution in [-0.2, 0) is 9.53 Å². The number of hydrogen-bond acceptors (Lipinski definition) is 3. The fourth-order valence-corrected chi connectivity index (χ4v) is 1.99. The lowest BCUT2D eigenvalue weighted by Crippen LogP contribution is -2.38. The number of guanidine groups is 1. The molecule has 0 aliphatic heterocycles. The van der Waals surface area contributed by atoms with Crippen LogP contribution in [0.4, 0.5) is 0 Å². The summed E-state index contributed by atoms with van der Waals surface area (Å²) in [6, 6.07) is 0. The van der Waals surface area contributed by atoms with Crippen molar-refractivity contribution in [3.05, 3.63) is 0 Å². The Kier molecular flexibility index (Phi) is 14.2. The highest BCUT2D eigenvalue weighted by molar-refractivity contribution is 5.79. The molecule has 0 saturated heterocycles. The summed E-state index contributed by atoms with van der Waals surface area (Å²) in [7, 11) is 1.80. The average Bonchev–Trinajstić information content (AvgIpc) is 2.48. The van der Waals surface area contributed by atoms with Crippen LogP contribution in [0.1, 0.15) is 65.2 Å². The molecule has 0 aromatic rings. The van der Waals surface area contributed by atoms with E-state index >= 15 is 0 Å². The van der Waals surface area contributed by atoms with Gasteiger partial charge < -0.3 is 15.4 Å². The van der Waals surface area contributed by atoms with Gasteiger partial charge in [-0.2, -0.15) is 0 Å². The molecule has 0 unspecified atom stereocenters. The molecule has 0 bridgehead atoms. The monoisotopic (exact) mass is 299 g/mol. The van der Waals surface area contributed by atoms with Crippen molar-refractivity contribution >= 4 is 11.9 Å². The number of esters is 1. The fraction of sp³-hybridized carbons (Fsp3) is 0.875. The zero-order valence-corrected chi connectivity index (χ0v) is 14.0. The first-order chi connectivity index (χ1) is 10.2. The predicted molar refractivity (Wildman–Crippen MR) is 88.6 cm³/mol. The van der Waals surface area contributed by atoms with Gasteiger partial charge in [-0.1, -0.05) is 32.6 Å². The van der Waals surface area contributed by atoms with Crippen LogP contribution < -0.4 is 10.6 Å². The third-order valence-corrected chi connectivity index (χ3v) is 3.20. The molecule has 0 rings (SSSR count). The van der Waals surface area contributed by atoms with Crippen LogP contribution in [-0.4, -0.2) is 38.7 Å². The Morgan fingerprint density at radius 1 is 0.952 bits per heavy atom. The van der Waals surface area contributed by atoms with Crippen molar-refractivity contribution in [1.82, 2.24) is 10.6 Å². The number of unbranched alkanes of at least 4 members (excludes halogenated alkanes) is 5. The Labute approximate surface area is 129 Å². The molecule has 5 nitrogen and oxygen atoms in total. The summed E-state index contributed by atoms with van der Waals surface area (Å²) in [5.41, 5.74) is 0. The quantitative estimate of drug-likeness (QED) is 0.252. The van der Waals surface area contributed by atoms with Crippen LogP contribution in [0.3, 0.4) is 0 Å². The molecule has 5 heteroatoms. The highest BCUT2D eigenvalue weighted by atomic mass is 16.5. The molecule has 124 valence electrons. The van der Waals surface area contributed by atoms with Crippen LogP contribution in [0.5, 0.6) is 0 Å². The van der Waals surface area contributed by atoms with E-state index < -0.39 is 0 Å². The molecular weight excluding hydrogens is 266 g/mol. The number of hydrogen-bond donors (Lipinski definition) is 2. The molecule has 0 aromatic heterocycles. The minimum absolute atomic E-state index is 0.0766. The van der Waals surface area contributed by atoms with E-state index in [0.29, 0.717) is 13.0 Å². The second kappa shape index (κ2) is 15.1. The number of nitrogens with one attached hydrogen (secondary N) is 2. The first-order valence-corrected chi connectivity index (χ1v) is 8.34. The summed E-state index contributed by atoms with van der Waals surface area (Å²) in [6.07, 6.45) is 8.43. The maximum absolute atomic E-state index is 11.1. The fourth-order valence-electron chi connectivity index (χ4n) is 1.99. The SMILES string of the molecule is CCCCCNC(=NC)NCCCCCCC(=O)OCC. The van der Waals surface area contributed by atoms with Gasteiger partial charge in [0.25, 0.3) is 0 Å². The highest BCUT2D eigenvalue weighted by Crippen LogP contribution is 2.03. The lowest BCUT2D eigenvalue weighted by molar-refractivity contribution is -0.143. The maximum atomic E-state index is 11.1. The van der Waals surface area contributed by atoms with Gasteiger partial charge in [0.05, 0.1) is 6.61 Å². The van der Waals surface area contributed by atoms with E-state index in [0.717, 1.165) is 44.7 Å². The zero-order valence-electron chi connectivity index (χ0n) is 14.0. The van der Waals surface area contributed by atoms with Gasteiger partial charge in [0.1, 0.15) is 0 Å². The number of ether oxygens (including phenoxy) is 1. The van der Waals surface area contributed by atoms with Crippen LogP contribution in [0.25, 0.3) is 0 Å². The molecular formula is C16H33N3O2. The Morgan fingerprint density at radius 3 is 2.14 bits per heavy atom. The molecule has 0 aliphatic rings. The largest absolute Gasteiger partial charge is 0.466 e. The Balaban J connectivity index is 3.41. The molecule has 0 aromatic carbocycles. The van der Waals surface area contributed by atoms with Crippen molar-refractivity contribution in [3.63, 3.8) is 0 Å². The van der Waals surface area contributed by atoms with Crippen LogP contribution in [0.2, 0.25) is 0 Å². The van der Waals surface area contributed by atoms with E-state index in [4.69, 9.17) is 4.74 Å². The van der Waals surface area contributed by atoms with Gasteiger partial charge in [-0.25, -0.2) is 0 Å². The van der Waals surface area contributed by atoms with E-state index in [1.807, 2.05) is 6.92 Å². The second-order valence-electron chi connectivity index (χ2n) is 5.10. The standard InChI is InChI=1S/C16H33N3O2/c1-4-6-10-13-18-16(17-3)19-14-11-8-7-9-12-15(20)21-5-2/h4-14H2,1-3H3,(H2,17,18,19). The summed E-state index contributed by atoms with van der Waals surface area (Å²) >= 11 is 0. The number of carbonyl (C=O) groups is 1. The minimum Gasteiger partial charge on any atom is -0.466 e. The molecule has 0 saturated carbocycles. The summed E-state index contributed by atoms with van der Waals surface area (Å²) in [6.45, 7) is 6.43. The average molecular weight is 299 g/mol. The van der Waals surface area contributed by atoms with E-state index in [2.05, 4.69) is 22.5 Å². The number of rotatable bonds is 12. The number of aliphatic imine (C=N–C) groups is 1. The van der Waals surface area contributed by atoms with E-state index in [-0.39, 0.29) is 5.97 Å². The van der Waals surface area contributed by atoms with Gasteiger partial charge in [-0.3, -0.25) is 9.79 Å². The van der Waals surface area contributed by atoms with Crippen LogP contribution >= 0.6 is 0 Å². The molecule has 0 spiro atoms. The Bertz CT molecular complexity index is 281. The Hall–Kier alpha value is -1.26. The van der Waals surface area contributed by atoms with Gasteiger partial charge in [0, 0.05) is 26.6 Å². The van der Waals surface area contributed by atoms with Crippen LogP contribution in [0, 0.1) is 0 Å². The zero-order chi connectivity index (χ0) is 15.8.